The number of hydrogen-bond donors (Lipinski definition) is 2. The summed E-state index contributed by atoms with van der Waals surface area (Å²) < 4.78 is 4.66. The number of carbonyl (C=O) groups excluding carboxylic acids is 1. The highest BCUT2D eigenvalue weighted by Gasteiger charge is 1.99. The fraction of sp³-hybridized carbons (Fsp3) is 0.625. The Kier molecular flexibility index (Phi) is 4.92. The van der Waals surface area contributed by atoms with E-state index < -0.39 is 5.97 Å². The van der Waals surface area contributed by atoms with Crippen molar-refractivity contribution in [3.8, 4) is 0 Å². The minimum Gasteiger partial charge on any atom is -0.463 e. The lowest BCUT2D eigenvalue weighted by Gasteiger charge is -2.08. The molecule has 0 aliphatic rings. The molecule has 0 aromatic heterocycles. The van der Waals surface area contributed by atoms with E-state index in [-0.39, 0.29) is 6.04 Å². The molecule has 0 atom stereocenters. The molecule has 0 amide bonds. The third-order valence-corrected chi connectivity index (χ3v) is 1.02. The second-order valence-electron chi connectivity index (χ2n) is 2.65. The van der Waals surface area contributed by atoms with Crippen LogP contribution in [0.2, 0.25) is 0 Å². The predicted octanol–water partition coefficient (Wildman–Crippen LogP) is 0.348. The van der Waals surface area contributed by atoms with Crippen LogP contribution in [-0.4, -0.2) is 18.6 Å². The molecule has 4 heteroatoms. The molecule has 0 unspecified atom stereocenters. The highest BCUT2D eigenvalue weighted by Crippen LogP contribution is 1.86. The van der Waals surface area contributed by atoms with Crippen LogP contribution in [-0.2, 0) is 9.53 Å². The number of ether oxygens (including phenoxy) is 1. The Morgan fingerprint density at radius 2 is 2.25 bits per heavy atom. The first-order valence-electron chi connectivity index (χ1n) is 3.96. The van der Waals surface area contributed by atoms with Gasteiger partial charge in [-0.1, -0.05) is 0 Å². The van der Waals surface area contributed by atoms with Crippen molar-refractivity contribution in [2.24, 2.45) is 5.73 Å². The number of nitrogens with one attached hydrogen (secondary N) is 1. The Labute approximate surface area is 72.8 Å². The Morgan fingerprint density at radius 3 is 2.67 bits per heavy atom. The van der Waals surface area contributed by atoms with E-state index in [9.17, 15) is 4.79 Å². The molecule has 0 spiro atoms. The third-order valence-electron chi connectivity index (χ3n) is 1.02. The van der Waals surface area contributed by atoms with Crippen molar-refractivity contribution < 1.29 is 9.53 Å². The summed E-state index contributed by atoms with van der Waals surface area (Å²) in [5.41, 5.74) is 5.45. The normalized spacial score (nSPS) is 11.5. The van der Waals surface area contributed by atoms with Gasteiger partial charge in [0.15, 0.2) is 0 Å². The van der Waals surface area contributed by atoms with Crippen LogP contribution < -0.4 is 11.1 Å². The van der Waals surface area contributed by atoms with Gasteiger partial charge in [0, 0.05) is 6.04 Å². The molecule has 0 radical (unpaired) electrons. The Bertz CT molecular complexity index is 176. The molecule has 0 saturated heterocycles. The topological polar surface area (TPSA) is 64.3 Å². The summed E-state index contributed by atoms with van der Waals surface area (Å²) in [6, 6.07) is 0.218. The first-order chi connectivity index (χ1) is 5.56. The van der Waals surface area contributed by atoms with Crippen molar-refractivity contribution in [3.05, 3.63) is 11.9 Å². The average Bonchev–Trinajstić information content (AvgIpc) is 1.84. The number of nitrogens with two attached hydrogens (primary N) is 1. The maximum absolute atomic E-state index is 10.8. The summed E-state index contributed by atoms with van der Waals surface area (Å²) in [5.74, 6) is -0.0772. The molecule has 0 saturated carbocycles. The smallest absolute Gasteiger partial charge is 0.334 e. The standard InChI is InChI=1S/C8H16N2O2/c1-4-12-8(11)5-7(9)10-6(2)3/h5-6,10H,4,9H2,1-3H3. The van der Waals surface area contributed by atoms with E-state index in [2.05, 4.69) is 10.1 Å². The van der Waals surface area contributed by atoms with E-state index in [0.29, 0.717) is 12.4 Å². The molecule has 0 aliphatic carbocycles. The summed E-state index contributed by atoms with van der Waals surface area (Å²) in [6.07, 6.45) is 1.24. The first kappa shape index (κ1) is 10.8. The quantitative estimate of drug-likeness (QED) is 0.474. The van der Waals surface area contributed by atoms with E-state index in [4.69, 9.17) is 5.73 Å². The number of rotatable bonds is 4. The zero-order valence-corrected chi connectivity index (χ0v) is 7.76. The van der Waals surface area contributed by atoms with Gasteiger partial charge in [-0.3, -0.25) is 0 Å². The molecule has 0 heterocycles. The van der Waals surface area contributed by atoms with Gasteiger partial charge < -0.3 is 15.8 Å². The van der Waals surface area contributed by atoms with Gasteiger partial charge in [0.1, 0.15) is 5.82 Å². The van der Waals surface area contributed by atoms with Crippen LogP contribution in [0.3, 0.4) is 0 Å². The molecule has 0 bridgehead atoms. The minimum atomic E-state index is -0.414. The summed E-state index contributed by atoms with van der Waals surface area (Å²) >= 11 is 0. The van der Waals surface area contributed by atoms with Gasteiger partial charge in [-0.05, 0) is 20.8 Å². The van der Waals surface area contributed by atoms with Crippen LogP contribution in [0.15, 0.2) is 11.9 Å². The van der Waals surface area contributed by atoms with Crippen molar-refractivity contribution in [1.82, 2.24) is 5.32 Å². The molecule has 4 nitrogen and oxygen atoms in total. The van der Waals surface area contributed by atoms with Gasteiger partial charge in [0.25, 0.3) is 0 Å². The van der Waals surface area contributed by atoms with Crippen LogP contribution in [0.25, 0.3) is 0 Å². The molecule has 70 valence electrons. The van der Waals surface area contributed by atoms with Crippen molar-refractivity contribution in [1.29, 1.82) is 0 Å². The largest absolute Gasteiger partial charge is 0.463 e. The number of hydrogen-bond acceptors (Lipinski definition) is 4. The van der Waals surface area contributed by atoms with Crippen LogP contribution in [0.1, 0.15) is 20.8 Å². The van der Waals surface area contributed by atoms with Crippen LogP contribution in [0, 0.1) is 0 Å². The fourth-order valence-corrected chi connectivity index (χ4v) is 0.686. The predicted molar refractivity (Wildman–Crippen MR) is 47.2 cm³/mol. The van der Waals surface area contributed by atoms with Gasteiger partial charge in [0.2, 0.25) is 0 Å². The Balaban J connectivity index is 3.89. The van der Waals surface area contributed by atoms with Gasteiger partial charge in [0.05, 0.1) is 12.7 Å². The molecule has 12 heavy (non-hydrogen) atoms. The van der Waals surface area contributed by atoms with Crippen molar-refractivity contribution in [2.45, 2.75) is 26.8 Å². The summed E-state index contributed by atoms with van der Waals surface area (Å²) in [5, 5.41) is 2.87. The molecule has 0 rings (SSSR count). The lowest BCUT2D eigenvalue weighted by atomic mass is 10.4. The Hall–Kier alpha value is -1.19. The molecule has 0 fully saturated rings. The van der Waals surface area contributed by atoms with E-state index >= 15 is 0 Å². The number of carbonyl (C=O) groups is 1. The third kappa shape index (κ3) is 5.58. The van der Waals surface area contributed by atoms with Gasteiger partial charge in [-0.15, -0.1) is 0 Å². The van der Waals surface area contributed by atoms with Crippen LogP contribution in [0.5, 0.6) is 0 Å². The van der Waals surface area contributed by atoms with Crippen LogP contribution >= 0.6 is 0 Å². The SMILES string of the molecule is CCOC(=O)C=C(N)NC(C)C. The molecule has 0 aromatic carbocycles. The van der Waals surface area contributed by atoms with E-state index in [0.717, 1.165) is 0 Å². The van der Waals surface area contributed by atoms with Gasteiger partial charge in [-0.25, -0.2) is 4.79 Å². The average molecular weight is 172 g/mol. The maximum Gasteiger partial charge on any atom is 0.334 e. The van der Waals surface area contributed by atoms with E-state index in [1.807, 2.05) is 13.8 Å². The maximum atomic E-state index is 10.8. The molecule has 0 aliphatic heterocycles. The summed E-state index contributed by atoms with van der Waals surface area (Å²) in [6.45, 7) is 5.99. The monoisotopic (exact) mass is 172 g/mol. The van der Waals surface area contributed by atoms with Gasteiger partial charge in [-0.2, -0.15) is 0 Å². The lowest BCUT2D eigenvalue weighted by molar-refractivity contribution is -0.137. The molecular weight excluding hydrogens is 156 g/mol. The first-order valence-corrected chi connectivity index (χ1v) is 3.96. The molecule has 3 N–H and O–H groups in total. The van der Waals surface area contributed by atoms with E-state index in [1.54, 1.807) is 6.92 Å². The fourth-order valence-electron chi connectivity index (χ4n) is 0.686. The van der Waals surface area contributed by atoms with Crippen molar-refractivity contribution in [3.63, 3.8) is 0 Å². The van der Waals surface area contributed by atoms with Crippen molar-refractivity contribution >= 4 is 5.97 Å². The highest BCUT2D eigenvalue weighted by molar-refractivity contribution is 5.82. The molecule has 0 aromatic rings. The second kappa shape index (κ2) is 5.46. The minimum absolute atomic E-state index is 0.218. The molecular formula is C8H16N2O2. The number of esters is 1. The van der Waals surface area contributed by atoms with Gasteiger partial charge >= 0.3 is 5.97 Å². The Morgan fingerprint density at radius 1 is 1.67 bits per heavy atom. The second-order valence-corrected chi connectivity index (χ2v) is 2.65. The van der Waals surface area contributed by atoms with Crippen LogP contribution in [0.4, 0.5) is 0 Å². The highest BCUT2D eigenvalue weighted by atomic mass is 16.5. The zero-order valence-electron chi connectivity index (χ0n) is 7.76. The zero-order chi connectivity index (χ0) is 9.56. The summed E-state index contributed by atoms with van der Waals surface area (Å²) in [4.78, 5) is 10.8. The van der Waals surface area contributed by atoms with Crippen molar-refractivity contribution in [2.75, 3.05) is 6.61 Å². The summed E-state index contributed by atoms with van der Waals surface area (Å²) in [7, 11) is 0. The lowest BCUT2D eigenvalue weighted by Crippen LogP contribution is -2.27. The van der Waals surface area contributed by atoms with E-state index in [1.165, 1.54) is 6.08 Å².